The molecule has 1 amide bonds. The minimum absolute atomic E-state index is 0. The molecule has 0 saturated heterocycles. The number of fused-ring (bicyclic) bond motifs is 1. The molecule has 1 aliphatic carbocycles. The molecule has 1 aromatic carbocycles. The fourth-order valence-electron chi connectivity index (χ4n) is 4.30. The Bertz CT molecular complexity index is 763. The average molecular weight is 542 g/mol. The second kappa shape index (κ2) is 12.9. The highest BCUT2D eigenvalue weighted by Gasteiger charge is 2.27. The van der Waals surface area contributed by atoms with Crippen molar-refractivity contribution in [3.05, 3.63) is 29.8 Å². The van der Waals surface area contributed by atoms with Gasteiger partial charge in [0.2, 0.25) is 5.91 Å². The van der Waals surface area contributed by atoms with Crippen molar-refractivity contribution < 1.29 is 14.3 Å². The van der Waals surface area contributed by atoms with Crippen molar-refractivity contribution in [1.29, 1.82) is 0 Å². The lowest BCUT2D eigenvalue weighted by molar-refractivity contribution is -0.149. The molecule has 0 radical (unpaired) electrons. The van der Waals surface area contributed by atoms with Gasteiger partial charge in [-0.3, -0.25) is 14.6 Å². The molecule has 1 saturated carbocycles. The molecule has 7 nitrogen and oxygen atoms in total. The van der Waals surface area contributed by atoms with Crippen molar-refractivity contribution in [2.45, 2.75) is 57.9 Å². The van der Waals surface area contributed by atoms with Gasteiger partial charge in [0, 0.05) is 38.3 Å². The SMILES string of the molecule is CCOC(=O)C1CCC(NC(=NC)NCCCC(=O)N2CCc3ccccc32)CC1.I. The van der Waals surface area contributed by atoms with Gasteiger partial charge in [-0.15, -0.1) is 24.0 Å². The minimum Gasteiger partial charge on any atom is -0.466 e. The van der Waals surface area contributed by atoms with Crippen molar-refractivity contribution in [2.24, 2.45) is 10.9 Å². The largest absolute Gasteiger partial charge is 0.466 e. The molecule has 1 heterocycles. The average Bonchev–Trinajstić information content (AvgIpc) is 3.20. The van der Waals surface area contributed by atoms with Gasteiger partial charge in [0.25, 0.3) is 0 Å². The van der Waals surface area contributed by atoms with E-state index in [1.165, 1.54) is 5.56 Å². The summed E-state index contributed by atoms with van der Waals surface area (Å²) in [6, 6.07) is 8.45. The first kappa shape index (κ1) is 25.4. The first-order chi connectivity index (χ1) is 14.6. The van der Waals surface area contributed by atoms with Crippen LogP contribution in [0.15, 0.2) is 29.3 Å². The number of rotatable bonds is 7. The van der Waals surface area contributed by atoms with Crippen molar-refractivity contribution in [2.75, 3.05) is 31.6 Å². The van der Waals surface area contributed by atoms with Crippen LogP contribution >= 0.6 is 24.0 Å². The third-order valence-corrected chi connectivity index (χ3v) is 5.96. The van der Waals surface area contributed by atoms with Crippen LogP contribution in [0.1, 0.15) is 51.0 Å². The fourth-order valence-corrected chi connectivity index (χ4v) is 4.30. The molecule has 8 heteroatoms. The summed E-state index contributed by atoms with van der Waals surface area (Å²) >= 11 is 0. The summed E-state index contributed by atoms with van der Waals surface area (Å²) in [5, 5.41) is 6.76. The summed E-state index contributed by atoms with van der Waals surface area (Å²) in [7, 11) is 1.76. The quantitative estimate of drug-likeness (QED) is 0.182. The van der Waals surface area contributed by atoms with E-state index in [4.69, 9.17) is 4.74 Å². The number of halogens is 1. The molecule has 0 atom stereocenters. The predicted octanol–water partition coefficient (Wildman–Crippen LogP) is 3.26. The van der Waals surface area contributed by atoms with Gasteiger partial charge < -0.3 is 20.3 Å². The second-order valence-corrected chi connectivity index (χ2v) is 7.97. The number of hydrogen-bond acceptors (Lipinski definition) is 4. The van der Waals surface area contributed by atoms with Crippen molar-refractivity contribution in [3.8, 4) is 0 Å². The molecule has 172 valence electrons. The van der Waals surface area contributed by atoms with Crippen LogP contribution in [0.4, 0.5) is 5.69 Å². The zero-order chi connectivity index (χ0) is 21.3. The fraction of sp³-hybridized carbons (Fsp3) is 0.609. The highest BCUT2D eigenvalue weighted by Crippen LogP contribution is 2.28. The summed E-state index contributed by atoms with van der Waals surface area (Å²) in [4.78, 5) is 30.7. The number of para-hydroxylation sites is 1. The summed E-state index contributed by atoms with van der Waals surface area (Å²) in [6.45, 7) is 3.76. The van der Waals surface area contributed by atoms with Crippen LogP contribution in [0.3, 0.4) is 0 Å². The maximum Gasteiger partial charge on any atom is 0.308 e. The van der Waals surface area contributed by atoms with Crippen molar-refractivity contribution in [3.63, 3.8) is 0 Å². The molecular formula is C23H35IN4O3. The molecule has 2 aliphatic rings. The Kier molecular flexibility index (Phi) is 10.6. The molecule has 0 unspecified atom stereocenters. The number of benzene rings is 1. The first-order valence-electron chi connectivity index (χ1n) is 11.1. The van der Waals surface area contributed by atoms with E-state index >= 15 is 0 Å². The van der Waals surface area contributed by atoms with Gasteiger partial charge in [-0.1, -0.05) is 18.2 Å². The number of anilines is 1. The number of guanidine groups is 1. The molecule has 0 spiro atoms. The summed E-state index contributed by atoms with van der Waals surface area (Å²) in [6.07, 6.45) is 5.76. The zero-order valence-electron chi connectivity index (χ0n) is 18.6. The number of nitrogens with one attached hydrogen (secondary N) is 2. The van der Waals surface area contributed by atoms with Gasteiger partial charge in [-0.2, -0.15) is 0 Å². The Hall–Kier alpha value is -1.84. The van der Waals surface area contributed by atoms with Crippen molar-refractivity contribution >= 4 is 47.5 Å². The van der Waals surface area contributed by atoms with Gasteiger partial charge in [0.05, 0.1) is 12.5 Å². The van der Waals surface area contributed by atoms with E-state index in [1.54, 1.807) is 7.05 Å². The maximum atomic E-state index is 12.6. The van der Waals surface area contributed by atoms with Crippen LogP contribution in [-0.2, 0) is 20.7 Å². The van der Waals surface area contributed by atoms with Crippen LogP contribution in [0, 0.1) is 5.92 Å². The number of hydrogen-bond donors (Lipinski definition) is 2. The standard InChI is InChI=1S/C23H34N4O3.HI/c1-3-30-22(29)18-10-12-19(13-11-18)26-23(24-2)25-15-6-9-21(28)27-16-14-17-7-4-5-8-20(17)27;/h4-5,7-8,18-19H,3,6,9-16H2,1-2H3,(H2,24,25,26);1H. The molecule has 2 N–H and O–H groups in total. The lowest BCUT2D eigenvalue weighted by atomic mass is 9.86. The minimum atomic E-state index is -0.0660. The number of aliphatic imine (C=N–C) groups is 1. The Morgan fingerprint density at radius 3 is 2.65 bits per heavy atom. The van der Waals surface area contributed by atoms with Crippen LogP contribution < -0.4 is 15.5 Å². The molecule has 0 bridgehead atoms. The van der Waals surface area contributed by atoms with Gasteiger partial charge in [-0.25, -0.2) is 0 Å². The molecule has 0 aromatic heterocycles. The molecule has 31 heavy (non-hydrogen) atoms. The number of ether oxygens (including phenoxy) is 1. The predicted molar refractivity (Wildman–Crippen MR) is 134 cm³/mol. The van der Waals surface area contributed by atoms with E-state index in [-0.39, 0.29) is 41.8 Å². The number of nitrogens with zero attached hydrogens (tertiary/aromatic N) is 2. The van der Waals surface area contributed by atoms with E-state index in [2.05, 4.69) is 21.7 Å². The lowest BCUT2D eigenvalue weighted by Crippen LogP contribution is -2.45. The van der Waals surface area contributed by atoms with E-state index in [0.717, 1.165) is 56.7 Å². The molecule has 1 fully saturated rings. The van der Waals surface area contributed by atoms with E-state index in [0.29, 0.717) is 25.6 Å². The normalized spacial score (nSPS) is 20.5. The monoisotopic (exact) mass is 542 g/mol. The molecule has 1 aliphatic heterocycles. The Labute approximate surface area is 202 Å². The number of carbonyl (C=O) groups is 2. The molecule has 1 aromatic rings. The third-order valence-electron chi connectivity index (χ3n) is 5.96. The number of esters is 1. The Morgan fingerprint density at radius 2 is 1.94 bits per heavy atom. The van der Waals surface area contributed by atoms with E-state index < -0.39 is 0 Å². The van der Waals surface area contributed by atoms with Gasteiger partial charge in [0.1, 0.15) is 0 Å². The smallest absolute Gasteiger partial charge is 0.308 e. The van der Waals surface area contributed by atoms with Crippen LogP contribution in [-0.4, -0.2) is 50.6 Å². The van der Waals surface area contributed by atoms with Gasteiger partial charge in [0.15, 0.2) is 5.96 Å². The first-order valence-corrected chi connectivity index (χ1v) is 11.1. The highest BCUT2D eigenvalue weighted by molar-refractivity contribution is 14.0. The van der Waals surface area contributed by atoms with Gasteiger partial charge in [-0.05, 0) is 57.1 Å². The topological polar surface area (TPSA) is 83.0 Å². The van der Waals surface area contributed by atoms with Crippen LogP contribution in [0.25, 0.3) is 0 Å². The Morgan fingerprint density at radius 1 is 1.19 bits per heavy atom. The van der Waals surface area contributed by atoms with E-state index in [1.807, 2.05) is 30.0 Å². The van der Waals surface area contributed by atoms with E-state index in [9.17, 15) is 9.59 Å². The lowest BCUT2D eigenvalue weighted by Gasteiger charge is -2.29. The van der Waals surface area contributed by atoms with Crippen LogP contribution in [0.5, 0.6) is 0 Å². The molecular weight excluding hydrogens is 507 g/mol. The number of carbonyl (C=O) groups excluding carboxylic acids is 2. The maximum absolute atomic E-state index is 12.6. The summed E-state index contributed by atoms with van der Waals surface area (Å²) in [5.74, 6) is 0.902. The summed E-state index contributed by atoms with van der Waals surface area (Å²) in [5.41, 5.74) is 2.32. The third kappa shape index (κ3) is 7.08. The Balaban J connectivity index is 0.00000341. The highest BCUT2D eigenvalue weighted by atomic mass is 127. The summed E-state index contributed by atoms with van der Waals surface area (Å²) < 4.78 is 5.13. The second-order valence-electron chi connectivity index (χ2n) is 7.97. The molecule has 3 rings (SSSR count). The van der Waals surface area contributed by atoms with Crippen LogP contribution in [0.2, 0.25) is 0 Å². The zero-order valence-corrected chi connectivity index (χ0v) is 20.9. The number of amides is 1. The van der Waals surface area contributed by atoms with Gasteiger partial charge >= 0.3 is 5.97 Å². The van der Waals surface area contributed by atoms with Crippen molar-refractivity contribution in [1.82, 2.24) is 10.6 Å².